The van der Waals surface area contributed by atoms with Gasteiger partial charge in [-0.05, 0) is 30.0 Å². The minimum absolute atomic E-state index is 0.173. The van der Waals surface area contributed by atoms with Crippen LogP contribution in [0.25, 0.3) is 0 Å². The molecular weight excluding hydrogens is 298 g/mol. The quantitative estimate of drug-likeness (QED) is 0.594. The Hall–Kier alpha value is -0.340. The van der Waals surface area contributed by atoms with Crippen molar-refractivity contribution in [1.82, 2.24) is 0 Å². The van der Waals surface area contributed by atoms with E-state index in [0.29, 0.717) is 5.71 Å². The van der Waals surface area contributed by atoms with Crippen LogP contribution < -0.4 is 0 Å². The molecule has 0 spiro atoms. The molecule has 17 heavy (non-hydrogen) atoms. The van der Waals surface area contributed by atoms with Crippen molar-refractivity contribution in [2.45, 2.75) is 36.9 Å². The van der Waals surface area contributed by atoms with Crippen molar-refractivity contribution in [3.63, 3.8) is 0 Å². The molecule has 92 valence electrons. The average Bonchev–Trinajstić information content (AvgIpc) is 2.82. The third-order valence-electron chi connectivity index (χ3n) is 3.48. The highest BCUT2D eigenvalue weighted by atomic mass is 79.9. The summed E-state index contributed by atoms with van der Waals surface area (Å²) in [5.74, 6) is 0.798. The van der Waals surface area contributed by atoms with Crippen LogP contribution in [0.2, 0.25) is 5.02 Å². The molecule has 1 aromatic carbocycles. The first-order valence-corrected chi connectivity index (χ1v) is 7.44. The molecule has 1 N–H and O–H groups in total. The lowest BCUT2D eigenvalue weighted by molar-refractivity contribution is 0.522. The van der Waals surface area contributed by atoms with Gasteiger partial charge in [-0.25, -0.2) is 0 Å². The van der Waals surface area contributed by atoms with Crippen molar-refractivity contribution >= 4 is 33.2 Å². The second-order valence-corrected chi connectivity index (χ2v) is 6.32. The van der Waals surface area contributed by atoms with E-state index in [1.807, 2.05) is 24.3 Å². The summed E-state index contributed by atoms with van der Waals surface area (Å²) < 4.78 is 0. The van der Waals surface area contributed by atoms with E-state index < -0.39 is 0 Å². The molecule has 0 aromatic heterocycles. The Morgan fingerprint density at radius 1 is 1.29 bits per heavy atom. The molecule has 0 bridgehead atoms. The molecule has 0 heterocycles. The van der Waals surface area contributed by atoms with Crippen molar-refractivity contribution in [3.8, 4) is 0 Å². The number of hydrogen-bond acceptors (Lipinski definition) is 1. The van der Waals surface area contributed by atoms with Crippen LogP contribution in [-0.2, 0) is 0 Å². The van der Waals surface area contributed by atoms with Crippen molar-refractivity contribution in [3.05, 3.63) is 34.9 Å². The fourth-order valence-corrected chi connectivity index (χ4v) is 3.39. The van der Waals surface area contributed by atoms with Gasteiger partial charge in [-0.3, -0.25) is 0 Å². The maximum atomic E-state index is 8.18. The smallest absolute Gasteiger partial charge is 0.0569 e. The van der Waals surface area contributed by atoms with Gasteiger partial charge in [-0.2, -0.15) is 0 Å². The molecular formula is C14H17BrClN. The van der Waals surface area contributed by atoms with Gasteiger partial charge in [0.1, 0.15) is 0 Å². The van der Waals surface area contributed by atoms with Crippen molar-refractivity contribution in [2.24, 2.45) is 5.92 Å². The lowest BCUT2D eigenvalue weighted by Gasteiger charge is -2.16. The van der Waals surface area contributed by atoms with Crippen LogP contribution in [0.1, 0.15) is 37.7 Å². The van der Waals surface area contributed by atoms with Gasteiger partial charge in [0.2, 0.25) is 0 Å². The Morgan fingerprint density at radius 3 is 2.47 bits per heavy atom. The van der Waals surface area contributed by atoms with Gasteiger partial charge in [0.05, 0.1) is 10.5 Å². The van der Waals surface area contributed by atoms with E-state index in [-0.39, 0.29) is 4.83 Å². The molecule has 1 aromatic rings. The van der Waals surface area contributed by atoms with E-state index >= 15 is 0 Å². The Labute approximate surface area is 116 Å². The van der Waals surface area contributed by atoms with Crippen molar-refractivity contribution < 1.29 is 0 Å². The monoisotopic (exact) mass is 313 g/mol. The Bertz CT molecular complexity index is 382. The number of nitrogens with one attached hydrogen (secondary N) is 1. The van der Waals surface area contributed by atoms with Crippen molar-refractivity contribution in [2.75, 3.05) is 0 Å². The van der Waals surface area contributed by atoms with E-state index in [4.69, 9.17) is 17.0 Å². The predicted molar refractivity (Wildman–Crippen MR) is 77.6 cm³/mol. The summed E-state index contributed by atoms with van der Waals surface area (Å²) in [6.07, 6.45) is 6.46. The second-order valence-electron chi connectivity index (χ2n) is 4.77. The normalized spacial score (nSPS) is 18.2. The number of benzene rings is 1. The Balaban J connectivity index is 1.96. The molecule has 1 aliphatic carbocycles. The molecule has 2 rings (SSSR count). The highest BCUT2D eigenvalue weighted by Gasteiger charge is 2.21. The zero-order chi connectivity index (χ0) is 12.3. The summed E-state index contributed by atoms with van der Waals surface area (Å²) >= 11 is 9.50. The molecule has 1 unspecified atom stereocenters. The topological polar surface area (TPSA) is 23.9 Å². The predicted octanol–water partition coefficient (Wildman–Crippen LogP) is 5.05. The largest absolute Gasteiger partial charge is 0.304 e. The molecule has 1 fully saturated rings. The number of rotatable bonds is 4. The van der Waals surface area contributed by atoms with E-state index in [0.717, 1.165) is 22.9 Å². The Kier molecular flexibility index (Phi) is 4.63. The van der Waals surface area contributed by atoms with E-state index in [2.05, 4.69) is 15.9 Å². The average molecular weight is 315 g/mol. The summed E-state index contributed by atoms with van der Waals surface area (Å²) in [6.45, 7) is 0. The van der Waals surface area contributed by atoms with Crippen molar-refractivity contribution in [1.29, 1.82) is 5.41 Å². The molecule has 0 saturated heterocycles. The van der Waals surface area contributed by atoms with Crippen LogP contribution in [0.5, 0.6) is 0 Å². The van der Waals surface area contributed by atoms with E-state index in [1.165, 1.54) is 25.7 Å². The summed E-state index contributed by atoms with van der Waals surface area (Å²) in [7, 11) is 0. The van der Waals surface area contributed by atoms with Gasteiger partial charge in [0, 0.05) is 5.02 Å². The molecule has 1 saturated carbocycles. The number of alkyl halides is 1. The first-order valence-electron chi connectivity index (χ1n) is 6.15. The third kappa shape index (κ3) is 3.56. The van der Waals surface area contributed by atoms with Crippen LogP contribution in [0.15, 0.2) is 24.3 Å². The second kappa shape index (κ2) is 6.01. The lowest BCUT2D eigenvalue weighted by Crippen LogP contribution is -2.17. The van der Waals surface area contributed by atoms with E-state index in [9.17, 15) is 0 Å². The minimum Gasteiger partial charge on any atom is -0.304 e. The minimum atomic E-state index is 0.173. The molecule has 1 atom stereocenters. The standard InChI is InChI=1S/C14H17BrClN/c15-13(9-10-3-1-2-4-10)14(17)11-5-7-12(16)8-6-11/h5-8,10,13,17H,1-4,9H2. The summed E-state index contributed by atoms with van der Waals surface area (Å²) in [5, 5.41) is 8.91. The van der Waals surface area contributed by atoms with Crippen LogP contribution in [0, 0.1) is 11.3 Å². The maximum absolute atomic E-state index is 8.18. The highest BCUT2D eigenvalue weighted by molar-refractivity contribution is 9.10. The summed E-state index contributed by atoms with van der Waals surface area (Å²) in [6, 6.07) is 7.54. The van der Waals surface area contributed by atoms with Gasteiger partial charge in [-0.1, -0.05) is 65.3 Å². The van der Waals surface area contributed by atoms with E-state index in [1.54, 1.807) is 0 Å². The van der Waals surface area contributed by atoms with Gasteiger partial charge in [-0.15, -0.1) is 0 Å². The fourth-order valence-electron chi connectivity index (χ4n) is 2.47. The first-order chi connectivity index (χ1) is 8.16. The Morgan fingerprint density at radius 2 is 1.88 bits per heavy atom. The van der Waals surface area contributed by atoms with Crippen LogP contribution in [-0.4, -0.2) is 10.5 Å². The molecule has 1 nitrogen and oxygen atoms in total. The van der Waals surface area contributed by atoms with Gasteiger partial charge in [0.25, 0.3) is 0 Å². The number of halogens is 2. The van der Waals surface area contributed by atoms with Crippen LogP contribution in [0.4, 0.5) is 0 Å². The van der Waals surface area contributed by atoms with Crippen LogP contribution >= 0.6 is 27.5 Å². The number of hydrogen-bond donors (Lipinski definition) is 1. The third-order valence-corrected chi connectivity index (χ3v) is 4.57. The van der Waals surface area contributed by atoms with Crippen LogP contribution in [0.3, 0.4) is 0 Å². The molecule has 0 radical (unpaired) electrons. The fraction of sp³-hybridized carbons (Fsp3) is 0.500. The maximum Gasteiger partial charge on any atom is 0.0569 e. The SMILES string of the molecule is N=C(c1ccc(Cl)cc1)C(Br)CC1CCCC1. The molecule has 3 heteroatoms. The summed E-state index contributed by atoms with van der Waals surface area (Å²) in [4.78, 5) is 0.173. The molecule has 0 aliphatic heterocycles. The highest BCUT2D eigenvalue weighted by Crippen LogP contribution is 2.31. The zero-order valence-electron chi connectivity index (χ0n) is 9.76. The molecule has 0 amide bonds. The summed E-state index contributed by atoms with van der Waals surface area (Å²) in [5.41, 5.74) is 1.64. The first kappa shape index (κ1) is 13.1. The zero-order valence-corrected chi connectivity index (χ0v) is 12.1. The van der Waals surface area contributed by atoms with Gasteiger partial charge in [0.15, 0.2) is 0 Å². The molecule has 1 aliphatic rings. The lowest BCUT2D eigenvalue weighted by atomic mass is 9.97. The van der Waals surface area contributed by atoms with Gasteiger partial charge >= 0.3 is 0 Å². The van der Waals surface area contributed by atoms with Gasteiger partial charge < -0.3 is 5.41 Å².